The monoisotopic (exact) mass is 255 g/mol. The van der Waals surface area contributed by atoms with E-state index in [0.29, 0.717) is 5.69 Å². The Kier molecular flexibility index (Phi) is 4.47. The molecule has 1 aromatic carbocycles. The average molecular weight is 256 g/mol. The molecule has 0 aliphatic carbocycles. The first-order chi connectivity index (χ1) is 8.04. The molecule has 7 heteroatoms. The quantitative estimate of drug-likeness (QED) is 0.643. The maximum absolute atomic E-state index is 11.3. The van der Waals surface area contributed by atoms with Gasteiger partial charge in [-0.3, -0.25) is 10.1 Å². The van der Waals surface area contributed by atoms with E-state index < -0.39 is 11.0 Å². The van der Waals surface area contributed by atoms with Crippen LogP contribution < -0.4 is 10.6 Å². The zero-order chi connectivity index (χ0) is 12.8. The van der Waals surface area contributed by atoms with Crippen LogP contribution in [0.2, 0.25) is 5.02 Å². The molecule has 1 aromatic rings. The number of benzene rings is 1. The van der Waals surface area contributed by atoms with Gasteiger partial charge in [-0.05, 0) is 19.1 Å². The van der Waals surface area contributed by atoms with Gasteiger partial charge in [0.1, 0.15) is 5.02 Å². The fourth-order valence-electron chi connectivity index (χ4n) is 1.06. The van der Waals surface area contributed by atoms with Crippen LogP contribution in [0.1, 0.15) is 6.92 Å². The van der Waals surface area contributed by atoms with Crippen LogP contribution in [-0.2, 0) is 0 Å². The second-order valence-corrected chi connectivity index (χ2v) is 3.43. The minimum absolute atomic E-state index is 0.0226. The van der Waals surface area contributed by atoms with Crippen molar-refractivity contribution < 1.29 is 9.72 Å². The van der Waals surface area contributed by atoms with Crippen molar-refractivity contribution >= 4 is 29.0 Å². The number of nitro groups is 1. The van der Waals surface area contributed by atoms with Gasteiger partial charge in [0.25, 0.3) is 5.69 Å². The van der Waals surface area contributed by atoms with Gasteiger partial charge in [0.2, 0.25) is 0 Å². The lowest BCUT2D eigenvalue weighted by Crippen LogP contribution is -2.23. The van der Waals surface area contributed by atoms with Gasteiger partial charge in [-0.15, -0.1) is 0 Å². The normalized spacial score (nSPS) is 10.2. The maximum Gasteiger partial charge on any atom is 0.323 e. The smallest absolute Gasteiger partial charge is 0.315 e. The number of anilines is 1. The Balaban J connectivity index is 2.82. The maximum atomic E-state index is 11.3. The summed E-state index contributed by atoms with van der Waals surface area (Å²) in [5.41, 5.74) is 0.0404. The third kappa shape index (κ3) is 3.76. The number of allylic oxidation sites excluding steroid dienone is 1. The first kappa shape index (κ1) is 13.0. The van der Waals surface area contributed by atoms with E-state index in [0.717, 1.165) is 0 Å². The molecule has 0 aliphatic heterocycles. The highest BCUT2D eigenvalue weighted by atomic mass is 35.5. The highest BCUT2D eigenvalue weighted by molar-refractivity contribution is 6.32. The number of nitrogens with zero attached hydrogens (tertiary/aromatic N) is 1. The standard InChI is InChI=1S/C10H10ClN3O3/c1-2-5-12-10(15)13-7-3-4-8(11)9(6-7)14(16)17/h2-6H,1H3,(H2,12,13,15)/b5-2+. The number of nitro benzene ring substituents is 1. The number of halogens is 1. The summed E-state index contributed by atoms with van der Waals surface area (Å²) in [7, 11) is 0. The van der Waals surface area contributed by atoms with Crippen molar-refractivity contribution in [1.82, 2.24) is 5.32 Å². The van der Waals surface area contributed by atoms with Gasteiger partial charge < -0.3 is 10.6 Å². The summed E-state index contributed by atoms with van der Waals surface area (Å²) >= 11 is 5.63. The molecule has 0 saturated heterocycles. The van der Waals surface area contributed by atoms with Crippen LogP contribution in [0.25, 0.3) is 0 Å². The average Bonchev–Trinajstić information content (AvgIpc) is 2.28. The third-order valence-corrected chi connectivity index (χ3v) is 2.10. The lowest BCUT2D eigenvalue weighted by Gasteiger charge is -2.04. The molecule has 2 amide bonds. The fourth-order valence-corrected chi connectivity index (χ4v) is 1.24. The Hall–Kier alpha value is -2.08. The van der Waals surface area contributed by atoms with Crippen molar-refractivity contribution in [2.75, 3.05) is 5.32 Å². The highest BCUT2D eigenvalue weighted by Gasteiger charge is 2.13. The second kappa shape index (κ2) is 5.86. The van der Waals surface area contributed by atoms with E-state index in [9.17, 15) is 14.9 Å². The molecule has 0 aromatic heterocycles. The van der Waals surface area contributed by atoms with E-state index in [1.165, 1.54) is 24.4 Å². The molecule has 17 heavy (non-hydrogen) atoms. The van der Waals surface area contributed by atoms with Crippen LogP contribution in [-0.4, -0.2) is 11.0 Å². The van der Waals surface area contributed by atoms with Crippen LogP contribution in [0.15, 0.2) is 30.5 Å². The first-order valence-corrected chi connectivity index (χ1v) is 5.05. The number of urea groups is 1. The number of nitrogens with one attached hydrogen (secondary N) is 2. The Morgan fingerprint density at radius 2 is 2.24 bits per heavy atom. The van der Waals surface area contributed by atoms with E-state index in [2.05, 4.69) is 10.6 Å². The van der Waals surface area contributed by atoms with Gasteiger partial charge in [0.15, 0.2) is 0 Å². The first-order valence-electron chi connectivity index (χ1n) is 4.67. The SMILES string of the molecule is C/C=C/NC(=O)Nc1ccc(Cl)c([N+](=O)[O-])c1. The largest absolute Gasteiger partial charge is 0.323 e. The second-order valence-electron chi connectivity index (χ2n) is 3.02. The van der Waals surface area contributed by atoms with E-state index in [1.54, 1.807) is 13.0 Å². The van der Waals surface area contributed by atoms with Crippen LogP contribution >= 0.6 is 11.6 Å². The van der Waals surface area contributed by atoms with E-state index in [-0.39, 0.29) is 10.7 Å². The Morgan fingerprint density at radius 3 is 2.82 bits per heavy atom. The van der Waals surface area contributed by atoms with Gasteiger partial charge in [-0.25, -0.2) is 4.79 Å². The number of amides is 2. The topological polar surface area (TPSA) is 84.3 Å². The molecule has 0 unspecified atom stereocenters. The van der Waals surface area contributed by atoms with Gasteiger partial charge >= 0.3 is 6.03 Å². The zero-order valence-electron chi connectivity index (χ0n) is 8.94. The minimum atomic E-state index is -0.614. The van der Waals surface area contributed by atoms with Crippen LogP contribution in [0, 0.1) is 10.1 Å². The number of rotatable bonds is 3. The number of carbonyl (C=O) groups is 1. The molecule has 0 atom stereocenters. The van der Waals surface area contributed by atoms with Gasteiger partial charge in [0, 0.05) is 18.0 Å². The molecule has 6 nitrogen and oxygen atoms in total. The summed E-state index contributed by atoms with van der Waals surface area (Å²) in [6.07, 6.45) is 3.09. The molecule has 0 radical (unpaired) electrons. The molecular weight excluding hydrogens is 246 g/mol. The third-order valence-electron chi connectivity index (χ3n) is 1.78. The predicted molar refractivity (Wildman–Crippen MR) is 65.1 cm³/mol. The van der Waals surface area contributed by atoms with Crippen LogP contribution in [0.4, 0.5) is 16.2 Å². The molecule has 90 valence electrons. The lowest BCUT2D eigenvalue weighted by molar-refractivity contribution is -0.384. The lowest BCUT2D eigenvalue weighted by atomic mass is 10.3. The molecule has 0 aliphatic rings. The molecule has 0 bridgehead atoms. The fraction of sp³-hybridized carbons (Fsp3) is 0.100. The molecule has 0 fully saturated rings. The van der Waals surface area contributed by atoms with Gasteiger partial charge in [0.05, 0.1) is 4.92 Å². The van der Waals surface area contributed by atoms with Crippen LogP contribution in [0.5, 0.6) is 0 Å². The summed E-state index contributed by atoms with van der Waals surface area (Å²) < 4.78 is 0. The Labute approximate surface area is 102 Å². The molecule has 0 spiro atoms. The van der Waals surface area contributed by atoms with E-state index in [4.69, 9.17) is 11.6 Å². The van der Waals surface area contributed by atoms with Crippen molar-refractivity contribution in [1.29, 1.82) is 0 Å². The number of carbonyl (C=O) groups excluding carboxylic acids is 1. The molecular formula is C10H10ClN3O3. The van der Waals surface area contributed by atoms with Gasteiger partial charge in [-0.2, -0.15) is 0 Å². The number of hydrogen-bond donors (Lipinski definition) is 2. The minimum Gasteiger partial charge on any atom is -0.315 e. The van der Waals surface area contributed by atoms with E-state index in [1.807, 2.05) is 0 Å². The summed E-state index contributed by atoms with van der Waals surface area (Å²) in [5.74, 6) is 0. The van der Waals surface area contributed by atoms with E-state index >= 15 is 0 Å². The van der Waals surface area contributed by atoms with Crippen molar-refractivity contribution in [2.45, 2.75) is 6.92 Å². The van der Waals surface area contributed by atoms with Crippen molar-refractivity contribution in [3.8, 4) is 0 Å². The summed E-state index contributed by atoms with van der Waals surface area (Å²) in [6, 6.07) is 3.53. The van der Waals surface area contributed by atoms with Crippen molar-refractivity contribution in [3.05, 3.63) is 45.6 Å². The Morgan fingerprint density at radius 1 is 1.53 bits per heavy atom. The van der Waals surface area contributed by atoms with Crippen molar-refractivity contribution in [2.24, 2.45) is 0 Å². The Bertz CT molecular complexity index is 474. The zero-order valence-corrected chi connectivity index (χ0v) is 9.69. The predicted octanol–water partition coefficient (Wildman–Crippen LogP) is 2.90. The molecule has 2 N–H and O–H groups in total. The highest BCUT2D eigenvalue weighted by Crippen LogP contribution is 2.27. The molecule has 1 rings (SSSR count). The molecule has 0 saturated carbocycles. The summed E-state index contributed by atoms with van der Waals surface area (Å²) in [4.78, 5) is 21.3. The van der Waals surface area contributed by atoms with Crippen LogP contribution in [0.3, 0.4) is 0 Å². The molecule has 0 heterocycles. The van der Waals surface area contributed by atoms with Gasteiger partial charge in [-0.1, -0.05) is 17.7 Å². The summed E-state index contributed by atoms with van der Waals surface area (Å²) in [5, 5.41) is 15.5. The van der Waals surface area contributed by atoms with Crippen molar-refractivity contribution in [3.63, 3.8) is 0 Å². The summed E-state index contributed by atoms with van der Waals surface area (Å²) in [6.45, 7) is 1.74. The number of hydrogen-bond acceptors (Lipinski definition) is 3.